The summed E-state index contributed by atoms with van der Waals surface area (Å²) in [6, 6.07) is 11.7. The first kappa shape index (κ1) is 23.4. The predicted molar refractivity (Wildman–Crippen MR) is 126 cm³/mol. The lowest BCUT2D eigenvalue weighted by molar-refractivity contribution is -0.131. The third-order valence-electron chi connectivity index (χ3n) is 5.07. The lowest BCUT2D eigenvalue weighted by Crippen LogP contribution is -2.51. The molecule has 0 aliphatic carbocycles. The van der Waals surface area contributed by atoms with Gasteiger partial charge >= 0.3 is 0 Å². The van der Waals surface area contributed by atoms with E-state index in [0.29, 0.717) is 33.7 Å². The Morgan fingerprint density at radius 3 is 2.42 bits per heavy atom. The van der Waals surface area contributed by atoms with Gasteiger partial charge in [0.05, 0.1) is 4.70 Å². The van der Waals surface area contributed by atoms with Gasteiger partial charge in [0.15, 0.2) is 10.7 Å². The Morgan fingerprint density at radius 2 is 1.81 bits per heavy atom. The summed E-state index contributed by atoms with van der Waals surface area (Å²) in [5, 5.41) is 1.05. The van der Waals surface area contributed by atoms with Gasteiger partial charge in [-0.2, -0.15) is 0 Å². The summed E-state index contributed by atoms with van der Waals surface area (Å²) < 4.78 is 21.0. The van der Waals surface area contributed by atoms with Gasteiger partial charge in [0.2, 0.25) is 0 Å². The molecule has 0 unspecified atom stereocenters. The SMILES string of the molecule is CCN(CC)CCN(C(=O)C(C)(C)Oc1ccc(Cl)cc1)c1nc2c(F)cccc2s1. The second kappa shape index (κ2) is 9.94. The van der Waals surface area contributed by atoms with Crippen LogP contribution in [0.2, 0.25) is 5.02 Å². The van der Waals surface area contributed by atoms with Crippen LogP contribution in [-0.2, 0) is 4.79 Å². The van der Waals surface area contributed by atoms with Gasteiger partial charge in [-0.1, -0.05) is 42.9 Å². The quantitative estimate of drug-likeness (QED) is 0.413. The average molecular weight is 464 g/mol. The molecule has 0 N–H and O–H groups in total. The minimum atomic E-state index is -1.16. The maximum atomic E-state index is 14.2. The highest BCUT2D eigenvalue weighted by atomic mass is 35.5. The molecule has 31 heavy (non-hydrogen) atoms. The number of ether oxygens (including phenoxy) is 1. The van der Waals surface area contributed by atoms with Crippen LogP contribution in [-0.4, -0.2) is 47.6 Å². The zero-order valence-electron chi connectivity index (χ0n) is 18.2. The summed E-state index contributed by atoms with van der Waals surface area (Å²) in [6.45, 7) is 10.5. The van der Waals surface area contributed by atoms with Gasteiger partial charge < -0.3 is 9.64 Å². The highest BCUT2D eigenvalue weighted by Gasteiger charge is 2.36. The molecule has 5 nitrogen and oxygen atoms in total. The summed E-state index contributed by atoms with van der Waals surface area (Å²) in [6.07, 6.45) is 0. The first-order chi connectivity index (χ1) is 14.7. The number of carbonyl (C=O) groups is 1. The van der Waals surface area contributed by atoms with Crippen LogP contribution in [0.15, 0.2) is 42.5 Å². The first-order valence-electron chi connectivity index (χ1n) is 10.3. The minimum Gasteiger partial charge on any atom is -0.478 e. The number of fused-ring (bicyclic) bond motifs is 1. The molecule has 0 fully saturated rings. The van der Waals surface area contributed by atoms with E-state index in [1.165, 1.54) is 17.4 Å². The lowest BCUT2D eigenvalue weighted by Gasteiger charge is -2.32. The molecule has 0 radical (unpaired) electrons. The normalized spacial score (nSPS) is 11.8. The van der Waals surface area contributed by atoms with Crippen molar-refractivity contribution in [1.29, 1.82) is 0 Å². The average Bonchev–Trinajstić information content (AvgIpc) is 3.18. The van der Waals surface area contributed by atoms with Crippen LogP contribution in [0, 0.1) is 5.82 Å². The fourth-order valence-electron chi connectivity index (χ4n) is 3.25. The molecule has 1 aromatic heterocycles. The number of rotatable bonds is 9. The maximum absolute atomic E-state index is 14.2. The number of nitrogens with zero attached hydrogens (tertiary/aromatic N) is 3. The summed E-state index contributed by atoms with van der Waals surface area (Å²) in [5.74, 6) is -0.0938. The topological polar surface area (TPSA) is 45.7 Å². The summed E-state index contributed by atoms with van der Waals surface area (Å²) >= 11 is 7.25. The van der Waals surface area contributed by atoms with Crippen LogP contribution < -0.4 is 9.64 Å². The number of thiazole rings is 1. The van der Waals surface area contributed by atoms with Gasteiger partial charge in [-0.3, -0.25) is 9.69 Å². The molecule has 0 bridgehead atoms. The molecule has 0 saturated heterocycles. The number of benzene rings is 2. The monoisotopic (exact) mass is 463 g/mol. The molecule has 2 aromatic carbocycles. The van der Waals surface area contributed by atoms with Crippen molar-refractivity contribution in [3.63, 3.8) is 0 Å². The first-order valence-corrected chi connectivity index (χ1v) is 11.5. The van der Waals surface area contributed by atoms with Crippen molar-refractivity contribution in [1.82, 2.24) is 9.88 Å². The number of hydrogen-bond acceptors (Lipinski definition) is 5. The number of likely N-dealkylation sites (N-methyl/N-ethyl adjacent to an activating group) is 1. The van der Waals surface area contributed by atoms with Gasteiger partial charge in [-0.15, -0.1) is 0 Å². The Labute approximate surface area is 191 Å². The number of aromatic nitrogens is 1. The van der Waals surface area contributed by atoms with Gasteiger partial charge in [0, 0.05) is 18.1 Å². The van der Waals surface area contributed by atoms with E-state index in [2.05, 4.69) is 23.7 Å². The Hall–Kier alpha value is -2.22. The van der Waals surface area contributed by atoms with E-state index in [0.717, 1.165) is 13.1 Å². The second-order valence-corrected chi connectivity index (χ2v) is 9.08. The molecule has 0 aliphatic rings. The third-order valence-corrected chi connectivity index (χ3v) is 6.37. The van der Waals surface area contributed by atoms with Crippen LogP contribution in [0.25, 0.3) is 10.2 Å². The number of anilines is 1. The Balaban J connectivity index is 1.92. The van der Waals surface area contributed by atoms with E-state index < -0.39 is 11.4 Å². The molecule has 0 saturated carbocycles. The molecule has 1 amide bonds. The van der Waals surface area contributed by atoms with Crippen LogP contribution >= 0.6 is 22.9 Å². The van der Waals surface area contributed by atoms with Gasteiger partial charge in [0.25, 0.3) is 5.91 Å². The van der Waals surface area contributed by atoms with Crippen molar-refractivity contribution in [2.45, 2.75) is 33.3 Å². The Bertz CT molecular complexity index is 1030. The van der Waals surface area contributed by atoms with Crippen LogP contribution in [0.4, 0.5) is 9.52 Å². The van der Waals surface area contributed by atoms with E-state index in [1.807, 2.05) is 6.07 Å². The fourth-order valence-corrected chi connectivity index (χ4v) is 4.38. The maximum Gasteiger partial charge on any atom is 0.272 e. The molecule has 0 spiro atoms. The Morgan fingerprint density at radius 1 is 1.13 bits per heavy atom. The van der Waals surface area contributed by atoms with Gasteiger partial charge in [-0.25, -0.2) is 9.37 Å². The minimum absolute atomic E-state index is 0.242. The van der Waals surface area contributed by atoms with E-state index in [1.54, 1.807) is 49.1 Å². The van der Waals surface area contributed by atoms with Crippen LogP contribution in [0.1, 0.15) is 27.7 Å². The third kappa shape index (κ3) is 5.53. The summed E-state index contributed by atoms with van der Waals surface area (Å²) in [4.78, 5) is 21.9. The zero-order valence-corrected chi connectivity index (χ0v) is 19.8. The predicted octanol–water partition coefficient (Wildman–Crippen LogP) is 5.62. The fraction of sp³-hybridized carbons (Fsp3) is 0.391. The molecule has 1 heterocycles. The van der Waals surface area contributed by atoms with E-state index in [4.69, 9.17) is 16.3 Å². The molecular formula is C23H27ClFN3O2S. The summed E-state index contributed by atoms with van der Waals surface area (Å²) in [5.41, 5.74) is -0.882. The van der Waals surface area contributed by atoms with Crippen molar-refractivity contribution >= 4 is 44.2 Å². The molecule has 0 atom stereocenters. The highest BCUT2D eigenvalue weighted by molar-refractivity contribution is 7.22. The van der Waals surface area contributed by atoms with Crippen molar-refractivity contribution in [3.05, 3.63) is 53.3 Å². The van der Waals surface area contributed by atoms with Crippen molar-refractivity contribution in [2.24, 2.45) is 0 Å². The molecule has 3 aromatic rings. The van der Waals surface area contributed by atoms with Crippen molar-refractivity contribution < 1.29 is 13.9 Å². The molecular weight excluding hydrogens is 437 g/mol. The van der Waals surface area contributed by atoms with Crippen molar-refractivity contribution in [3.8, 4) is 5.75 Å². The molecule has 166 valence electrons. The number of para-hydroxylation sites is 1. The molecule has 3 rings (SSSR count). The highest BCUT2D eigenvalue weighted by Crippen LogP contribution is 2.32. The molecule has 0 aliphatic heterocycles. The van der Waals surface area contributed by atoms with E-state index in [9.17, 15) is 9.18 Å². The number of halogens is 2. The summed E-state index contributed by atoms with van der Waals surface area (Å²) in [7, 11) is 0. The largest absolute Gasteiger partial charge is 0.478 e. The second-order valence-electron chi connectivity index (χ2n) is 7.63. The number of carbonyl (C=O) groups excluding carboxylic acids is 1. The van der Waals surface area contributed by atoms with Crippen LogP contribution in [0.5, 0.6) is 5.75 Å². The molecule has 8 heteroatoms. The van der Waals surface area contributed by atoms with Crippen LogP contribution in [0.3, 0.4) is 0 Å². The zero-order chi connectivity index (χ0) is 22.6. The van der Waals surface area contributed by atoms with Gasteiger partial charge in [0.1, 0.15) is 17.1 Å². The standard InChI is InChI=1S/C23H27ClFN3O2S/c1-5-27(6-2)14-15-28(22-26-20-18(25)8-7-9-19(20)31-22)21(29)23(3,4)30-17-12-10-16(24)11-13-17/h7-13H,5-6,14-15H2,1-4H3. The van der Waals surface area contributed by atoms with E-state index >= 15 is 0 Å². The Kier molecular flexibility index (Phi) is 7.51. The smallest absolute Gasteiger partial charge is 0.272 e. The van der Waals surface area contributed by atoms with Gasteiger partial charge in [-0.05, 0) is 63.3 Å². The lowest BCUT2D eigenvalue weighted by atomic mass is 10.1. The van der Waals surface area contributed by atoms with Crippen molar-refractivity contribution in [2.75, 3.05) is 31.1 Å². The number of amides is 1. The van der Waals surface area contributed by atoms with E-state index in [-0.39, 0.29) is 11.4 Å². The number of hydrogen-bond donors (Lipinski definition) is 0.